The van der Waals surface area contributed by atoms with Gasteiger partial charge < -0.3 is 14.4 Å². The molecule has 0 saturated heterocycles. The number of carbonyl (C=O) groups is 1. The number of hydrogen-bond acceptors (Lipinski definition) is 4. The van der Waals surface area contributed by atoms with Crippen LogP contribution in [0.15, 0.2) is 42.5 Å². The SMILES string of the molecule is COc1cc2c(cc1OC)CN(C(=O)c1cc(-c3ccc(C)cc3)n(C)n1)CC2. The fourth-order valence-corrected chi connectivity index (χ4v) is 3.78. The maximum absolute atomic E-state index is 13.1. The van der Waals surface area contributed by atoms with Gasteiger partial charge in [0, 0.05) is 20.1 Å². The zero-order chi connectivity index (χ0) is 20.5. The smallest absolute Gasteiger partial charge is 0.274 e. The Bertz CT molecular complexity index is 1050. The van der Waals surface area contributed by atoms with Crippen molar-refractivity contribution in [2.24, 2.45) is 7.05 Å². The van der Waals surface area contributed by atoms with E-state index in [4.69, 9.17) is 9.47 Å². The molecule has 0 spiro atoms. The number of rotatable bonds is 4. The van der Waals surface area contributed by atoms with E-state index in [2.05, 4.69) is 36.3 Å². The lowest BCUT2D eigenvalue weighted by molar-refractivity contribution is 0.0727. The van der Waals surface area contributed by atoms with Gasteiger partial charge in [0.25, 0.3) is 5.91 Å². The van der Waals surface area contributed by atoms with Gasteiger partial charge in [-0.3, -0.25) is 9.48 Å². The number of fused-ring (bicyclic) bond motifs is 1. The molecule has 2 heterocycles. The average molecular weight is 391 g/mol. The molecule has 6 heteroatoms. The first-order valence-electron chi connectivity index (χ1n) is 9.64. The molecule has 0 bridgehead atoms. The fourth-order valence-electron chi connectivity index (χ4n) is 3.78. The third kappa shape index (κ3) is 3.58. The third-order valence-electron chi connectivity index (χ3n) is 5.45. The summed E-state index contributed by atoms with van der Waals surface area (Å²) in [4.78, 5) is 15.0. The second-order valence-electron chi connectivity index (χ2n) is 7.36. The molecule has 150 valence electrons. The van der Waals surface area contributed by atoms with Crippen molar-refractivity contribution >= 4 is 5.91 Å². The number of amides is 1. The Morgan fingerprint density at radius 3 is 2.31 bits per heavy atom. The zero-order valence-corrected chi connectivity index (χ0v) is 17.2. The van der Waals surface area contributed by atoms with E-state index in [0.717, 1.165) is 29.0 Å². The topological polar surface area (TPSA) is 56.6 Å². The van der Waals surface area contributed by atoms with Crippen LogP contribution in [0.25, 0.3) is 11.3 Å². The standard InChI is InChI=1S/C23H25N3O3/c1-15-5-7-16(8-6-15)20-13-19(24-25(20)2)23(27)26-10-9-17-11-21(28-3)22(29-4)12-18(17)14-26/h5-8,11-13H,9-10,14H2,1-4H3. The molecule has 6 nitrogen and oxygen atoms in total. The first-order chi connectivity index (χ1) is 14.0. The Morgan fingerprint density at radius 1 is 1.00 bits per heavy atom. The lowest BCUT2D eigenvalue weighted by Crippen LogP contribution is -2.36. The number of ether oxygens (including phenoxy) is 2. The molecule has 0 N–H and O–H groups in total. The maximum Gasteiger partial charge on any atom is 0.274 e. The summed E-state index contributed by atoms with van der Waals surface area (Å²) in [5, 5.41) is 4.48. The Labute approximate surface area is 170 Å². The number of aryl methyl sites for hydroxylation is 2. The largest absolute Gasteiger partial charge is 0.493 e. The molecule has 1 amide bonds. The molecule has 3 aromatic rings. The molecule has 0 saturated carbocycles. The number of benzene rings is 2. The molecule has 4 rings (SSSR count). The summed E-state index contributed by atoms with van der Waals surface area (Å²) in [7, 11) is 5.13. The zero-order valence-electron chi connectivity index (χ0n) is 17.2. The summed E-state index contributed by atoms with van der Waals surface area (Å²) < 4.78 is 12.6. The Balaban J connectivity index is 1.58. The van der Waals surface area contributed by atoms with Crippen LogP contribution in [0.5, 0.6) is 11.5 Å². The summed E-state index contributed by atoms with van der Waals surface area (Å²) in [5.41, 5.74) is 5.91. The van der Waals surface area contributed by atoms with Gasteiger partial charge in [-0.15, -0.1) is 0 Å². The van der Waals surface area contributed by atoms with Crippen LogP contribution in [0.4, 0.5) is 0 Å². The minimum Gasteiger partial charge on any atom is -0.493 e. The van der Waals surface area contributed by atoms with Crippen LogP contribution >= 0.6 is 0 Å². The highest BCUT2D eigenvalue weighted by Gasteiger charge is 2.26. The minimum absolute atomic E-state index is 0.0561. The normalized spacial score (nSPS) is 13.2. The fraction of sp³-hybridized carbons (Fsp3) is 0.304. The van der Waals surface area contributed by atoms with Crippen LogP contribution in [0.2, 0.25) is 0 Å². The Hall–Kier alpha value is -3.28. The molecule has 0 fully saturated rings. The van der Waals surface area contributed by atoms with Gasteiger partial charge in [-0.05, 0) is 48.2 Å². The van der Waals surface area contributed by atoms with Gasteiger partial charge in [0.2, 0.25) is 0 Å². The third-order valence-corrected chi connectivity index (χ3v) is 5.45. The predicted molar refractivity (Wildman–Crippen MR) is 111 cm³/mol. The lowest BCUT2D eigenvalue weighted by Gasteiger charge is -2.29. The minimum atomic E-state index is -0.0561. The molecular weight excluding hydrogens is 366 g/mol. The molecule has 0 aliphatic carbocycles. The van der Waals surface area contributed by atoms with Crippen molar-refractivity contribution < 1.29 is 14.3 Å². The number of methoxy groups -OCH3 is 2. The van der Waals surface area contributed by atoms with Crippen molar-refractivity contribution in [3.8, 4) is 22.8 Å². The summed E-state index contributed by atoms with van der Waals surface area (Å²) in [6.45, 7) is 3.24. The molecule has 0 unspecified atom stereocenters. The molecule has 1 aliphatic rings. The molecular formula is C23H25N3O3. The first kappa shape index (κ1) is 19.1. The molecule has 1 aliphatic heterocycles. The highest BCUT2D eigenvalue weighted by Crippen LogP contribution is 2.33. The second kappa shape index (κ2) is 7.62. The van der Waals surface area contributed by atoms with Crippen LogP contribution in [-0.2, 0) is 20.0 Å². The van der Waals surface area contributed by atoms with Gasteiger partial charge >= 0.3 is 0 Å². The molecule has 2 aromatic carbocycles. The van der Waals surface area contributed by atoms with Crippen LogP contribution in [0.3, 0.4) is 0 Å². The summed E-state index contributed by atoms with van der Waals surface area (Å²) in [5.74, 6) is 1.35. The first-order valence-corrected chi connectivity index (χ1v) is 9.64. The molecule has 29 heavy (non-hydrogen) atoms. The van der Waals surface area contributed by atoms with Crippen LogP contribution in [0.1, 0.15) is 27.2 Å². The van der Waals surface area contributed by atoms with Gasteiger partial charge in [-0.2, -0.15) is 5.10 Å². The van der Waals surface area contributed by atoms with Crippen molar-refractivity contribution in [2.45, 2.75) is 19.9 Å². The van der Waals surface area contributed by atoms with Crippen LogP contribution < -0.4 is 9.47 Å². The van der Waals surface area contributed by atoms with E-state index < -0.39 is 0 Å². The monoisotopic (exact) mass is 391 g/mol. The quantitative estimate of drug-likeness (QED) is 0.682. The van der Waals surface area contributed by atoms with E-state index in [1.165, 1.54) is 11.1 Å². The Kier molecular flexibility index (Phi) is 5.01. The van der Waals surface area contributed by atoms with Gasteiger partial charge in [0.05, 0.1) is 19.9 Å². The van der Waals surface area contributed by atoms with E-state index in [1.54, 1.807) is 18.9 Å². The van der Waals surface area contributed by atoms with Gasteiger partial charge in [-0.25, -0.2) is 0 Å². The Morgan fingerprint density at radius 2 is 1.66 bits per heavy atom. The van der Waals surface area contributed by atoms with Gasteiger partial charge in [0.15, 0.2) is 17.2 Å². The lowest BCUT2D eigenvalue weighted by atomic mass is 9.98. The molecule has 1 aromatic heterocycles. The summed E-state index contributed by atoms with van der Waals surface area (Å²) in [6.07, 6.45) is 0.777. The highest BCUT2D eigenvalue weighted by atomic mass is 16.5. The van der Waals surface area contributed by atoms with Crippen LogP contribution in [0, 0.1) is 6.92 Å². The summed E-state index contributed by atoms with van der Waals surface area (Å²) in [6, 6.07) is 14.1. The van der Waals surface area contributed by atoms with Crippen molar-refractivity contribution in [1.82, 2.24) is 14.7 Å². The summed E-state index contributed by atoms with van der Waals surface area (Å²) >= 11 is 0. The van der Waals surface area contributed by atoms with Gasteiger partial charge in [0.1, 0.15) is 0 Å². The molecule has 0 radical (unpaired) electrons. The van der Waals surface area contributed by atoms with E-state index >= 15 is 0 Å². The van der Waals surface area contributed by atoms with E-state index in [1.807, 2.05) is 30.1 Å². The van der Waals surface area contributed by atoms with Crippen molar-refractivity contribution in [2.75, 3.05) is 20.8 Å². The van der Waals surface area contributed by atoms with Crippen molar-refractivity contribution in [3.05, 3.63) is 64.8 Å². The average Bonchev–Trinajstić information content (AvgIpc) is 3.13. The van der Waals surface area contributed by atoms with E-state index in [9.17, 15) is 4.79 Å². The second-order valence-corrected chi connectivity index (χ2v) is 7.36. The highest BCUT2D eigenvalue weighted by molar-refractivity contribution is 5.93. The van der Waals surface area contributed by atoms with E-state index in [0.29, 0.717) is 24.5 Å². The number of nitrogens with zero attached hydrogens (tertiary/aromatic N) is 3. The molecule has 0 atom stereocenters. The maximum atomic E-state index is 13.1. The number of carbonyl (C=O) groups excluding carboxylic acids is 1. The van der Waals surface area contributed by atoms with Crippen molar-refractivity contribution in [1.29, 1.82) is 0 Å². The predicted octanol–water partition coefficient (Wildman–Crippen LogP) is 3.61. The number of aromatic nitrogens is 2. The van der Waals surface area contributed by atoms with Crippen LogP contribution in [-0.4, -0.2) is 41.4 Å². The van der Waals surface area contributed by atoms with Crippen molar-refractivity contribution in [3.63, 3.8) is 0 Å². The van der Waals surface area contributed by atoms with E-state index in [-0.39, 0.29) is 5.91 Å². The number of hydrogen-bond donors (Lipinski definition) is 0. The van der Waals surface area contributed by atoms with Gasteiger partial charge in [-0.1, -0.05) is 29.8 Å².